The van der Waals surface area contributed by atoms with Gasteiger partial charge in [0, 0.05) is 15.8 Å². The minimum absolute atomic E-state index is 0.743. The van der Waals surface area contributed by atoms with Crippen LogP contribution in [0.25, 0.3) is 39.5 Å². The van der Waals surface area contributed by atoms with Crippen LogP contribution in [-0.2, 0) is 0 Å². The topological polar surface area (TPSA) is 17.3 Å². The number of fused-ring (bicyclic) bond motifs is 5. The predicted octanol–water partition coefficient (Wildman–Crippen LogP) is 6.46. The normalized spacial score (nSPS) is 11.9. The summed E-state index contributed by atoms with van der Waals surface area (Å²) in [5.41, 5.74) is 4.38. The molecule has 0 saturated heterocycles. The van der Waals surface area contributed by atoms with Crippen LogP contribution >= 0.6 is 11.6 Å². The first-order valence-electron chi connectivity index (χ1n) is 8.52. The maximum atomic E-state index is 6.21. The van der Waals surface area contributed by atoms with E-state index in [1.165, 1.54) is 0 Å². The molecule has 0 atom stereocenters. The van der Waals surface area contributed by atoms with Crippen molar-refractivity contribution in [2.24, 2.45) is 0 Å². The zero-order valence-electron chi connectivity index (χ0n) is 13.9. The molecule has 0 spiro atoms. The van der Waals surface area contributed by atoms with E-state index in [2.05, 4.69) is 53.0 Å². The van der Waals surface area contributed by atoms with Crippen LogP contribution in [0.2, 0.25) is 5.02 Å². The van der Waals surface area contributed by atoms with E-state index in [0.29, 0.717) is 0 Å². The zero-order valence-corrected chi connectivity index (χ0v) is 14.7. The molecular formula is C23H15ClN2. The number of hydrogen-bond donors (Lipinski definition) is 0. The molecule has 3 heteroatoms. The van der Waals surface area contributed by atoms with Crippen LogP contribution in [-0.4, -0.2) is 9.38 Å². The first-order valence-corrected chi connectivity index (χ1v) is 8.90. The molecule has 5 aromatic rings. The number of aromatic nitrogens is 2. The molecule has 0 aliphatic rings. The van der Waals surface area contributed by atoms with Gasteiger partial charge in [0.05, 0.1) is 16.6 Å². The molecule has 0 bridgehead atoms. The van der Waals surface area contributed by atoms with Gasteiger partial charge in [-0.1, -0.05) is 66.2 Å². The number of para-hydroxylation sites is 1. The Kier molecular flexibility index (Phi) is 3.51. The van der Waals surface area contributed by atoms with Crippen molar-refractivity contribution in [1.29, 1.82) is 0 Å². The fourth-order valence-corrected chi connectivity index (χ4v) is 3.62. The molecule has 124 valence electrons. The van der Waals surface area contributed by atoms with Gasteiger partial charge in [-0.25, -0.2) is 4.98 Å². The maximum Gasteiger partial charge on any atom is 0.138 e. The van der Waals surface area contributed by atoms with Gasteiger partial charge < -0.3 is 0 Å². The molecule has 26 heavy (non-hydrogen) atoms. The molecule has 5 rings (SSSR count). The standard InChI is InChI=1S/C23H15ClN2/c24-18-11-12-21-17(14-18)15-22-19-8-4-5-9-20(19)25-23(26(21)22)13-10-16-6-2-1-3-7-16/h1-15H/b13-10+. The van der Waals surface area contributed by atoms with Crippen molar-refractivity contribution in [3.8, 4) is 0 Å². The van der Waals surface area contributed by atoms with Gasteiger partial charge >= 0.3 is 0 Å². The highest BCUT2D eigenvalue weighted by Gasteiger charge is 2.11. The molecule has 0 fully saturated rings. The fraction of sp³-hybridized carbons (Fsp3) is 0. The van der Waals surface area contributed by atoms with Crippen molar-refractivity contribution in [1.82, 2.24) is 9.38 Å². The maximum absolute atomic E-state index is 6.21. The quantitative estimate of drug-likeness (QED) is 0.355. The van der Waals surface area contributed by atoms with Crippen molar-refractivity contribution in [2.45, 2.75) is 0 Å². The van der Waals surface area contributed by atoms with Crippen molar-refractivity contribution >= 4 is 51.1 Å². The minimum Gasteiger partial charge on any atom is -0.294 e. The van der Waals surface area contributed by atoms with Gasteiger partial charge in [-0.3, -0.25) is 4.40 Å². The van der Waals surface area contributed by atoms with Crippen molar-refractivity contribution in [2.75, 3.05) is 0 Å². The average Bonchev–Trinajstić information content (AvgIpc) is 3.06. The third-order valence-corrected chi connectivity index (χ3v) is 4.87. The number of rotatable bonds is 2. The molecule has 0 radical (unpaired) electrons. The predicted molar refractivity (Wildman–Crippen MR) is 111 cm³/mol. The fourth-order valence-electron chi connectivity index (χ4n) is 3.44. The Morgan fingerprint density at radius 1 is 0.769 bits per heavy atom. The first kappa shape index (κ1) is 15.2. The summed E-state index contributed by atoms with van der Waals surface area (Å²) >= 11 is 6.21. The van der Waals surface area contributed by atoms with E-state index < -0.39 is 0 Å². The summed E-state index contributed by atoms with van der Waals surface area (Å²) in [6.07, 6.45) is 4.17. The van der Waals surface area contributed by atoms with Gasteiger partial charge in [0.25, 0.3) is 0 Å². The highest BCUT2D eigenvalue weighted by atomic mass is 35.5. The Labute approximate surface area is 156 Å². The van der Waals surface area contributed by atoms with Crippen molar-refractivity contribution in [3.05, 3.63) is 95.3 Å². The molecule has 0 unspecified atom stereocenters. The van der Waals surface area contributed by atoms with E-state index >= 15 is 0 Å². The molecular weight excluding hydrogens is 340 g/mol. The molecule has 0 amide bonds. The molecule has 2 nitrogen and oxygen atoms in total. The summed E-state index contributed by atoms with van der Waals surface area (Å²) in [7, 11) is 0. The first-order chi connectivity index (χ1) is 12.8. The second-order valence-electron chi connectivity index (χ2n) is 6.30. The van der Waals surface area contributed by atoms with Gasteiger partial charge in [0.15, 0.2) is 0 Å². The number of hydrogen-bond acceptors (Lipinski definition) is 1. The summed E-state index contributed by atoms with van der Waals surface area (Å²) < 4.78 is 2.20. The minimum atomic E-state index is 0.743. The molecule has 0 aliphatic carbocycles. The van der Waals surface area contributed by atoms with Crippen molar-refractivity contribution < 1.29 is 0 Å². The molecule has 0 N–H and O–H groups in total. The van der Waals surface area contributed by atoms with Crippen LogP contribution in [0.5, 0.6) is 0 Å². The van der Waals surface area contributed by atoms with Gasteiger partial charge in [0.2, 0.25) is 0 Å². The van der Waals surface area contributed by atoms with Crippen LogP contribution in [0.4, 0.5) is 0 Å². The van der Waals surface area contributed by atoms with Crippen LogP contribution in [0, 0.1) is 0 Å². The van der Waals surface area contributed by atoms with Crippen LogP contribution in [0.1, 0.15) is 11.4 Å². The third-order valence-electron chi connectivity index (χ3n) is 4.63. The van der Waals surface area contributed by atoms with Gasteiger partial charge in [-0.15, -0.1) is 0 Å². The van der Waals surface area contributed by atoms with Gasteiger partial charge in [0.1, 0.15) is 5.82 Å². The Morgan fingerprint density at radius 3 is 2.46 bits per heavy atom. The van der Waals surface area contributed by atoms with Crippen LogP contribution < -0.4 is 0 Å². The Hall–Kier alpha value is -3.10. The second-order valence-corrected chi connectivity index (χ2v) is 6.74. The summed E-state index contributed by atoms with van der Waals surface area (Å²) in [4.78, 5) is 4.91. The molecule has 0 aliphatic heterocycles. The molecule has 2 heterocycles. The second kappa shape index (κ2) is 6.01. The lowest BCUT2D eigenvalue weighted by Gasteiger charge is -2.07. The van der Waals surface area contributed by atoms with E-state index in [0.717, 1.165) is 43.7 Å². The molecule has 2 aromatic heterocycles. The lowest BCUT2D eigenvalue weighted by atomic mass is 10.2. The smallest absolute Gasteiger partial charge is 0.138 e. The summed E-state index contributed by atoms with van der Waals surface area (Å²) in [5.74, 6) is 0.903. The van der Waals surface area contributed by atoms with Crippen LogP contribution in [0.3, 0.4) is 0 Å². The number of benzene rings is 3. The van der Waals surface area contributed by atoms with Crippen LogP contribution in [0.15, 0.2) is 78.9 Å². The van der Waals surface area contributed by atoms with Crippen molar-refractivity contribution in [3.63, 3.8) is 0 Å². The third kappa shape index (κ3) is 2.47. The number of halogens is 1. The zero-order chi connectivity index (χ0) is 17.5. The molecule has 0 saturated carbocycles. The van der Waals surface area contributed by atoms with Gasteiger partial charge in [-0.2, -0.15) is 0 Å². The lowest BCUT2D eigenvalue weighted by molar-refractivity contribution is 1.13. The largest absolute Gasteiger partial charge is 0.294 e. The van der Waals surface area contributed by atoms with E-state index in [1.54, 1.807) is 0 Å². The Morgan fingerprint density at radius 2 is 1.58 bits per heavy atom. The average molecular weight is 355 g/mol. The summed E-state index contributed by atoms with van der Waals surface area (Å²) in [6.45, 7) is 0. The Balaban J connectivity index is 1.85. The monoisotopic (exact) mass is 354 g/mol. The summed E-state index contributed by atoms with van der Waals surface area (Å²) in [5, 5.41) is 2.99. The lowest BCUT2D eigenvalue weighted by Crippen LogP contribution is -1.96. The van der Waals surface area contributed by atoms with E-state index in [1.807, 2.05) is 42.5 Å². The van der Waals surface area contributed by atoms with E-state index in [-0.39, 0.29) is 0 Å². The highest BCUT2D eigenvalue weighted by molar-refractivity contribution is 6.31. The summed E-state index contributed by atoms with van der Waals surface area (Å²) in [6, 6.07) is 26.7. The highest BCUT2D eigenvalue weighted by Crippen LogP contribution is 2.29. The number of nitrogens with zero attached hydrogens (tertiary/aromatic N) is 2. The van der Waals surface area contributed by atoms with E-state index in [9.17, 15) is 0 Å². The van der Waals surface area contributed by atoms with Gasteiger partial charge in [-0.05, 0) is 42.0 Å². The SMILES string of the molecule is Clc1ccc2c(c1)cc1c3ccccc3nc(/C=C/c3ccccc3)n21. The van der Waals surface area contributed by atoms with E-state index in [4.69, 9.17) is 16.6 Å². The molecule has 3 aromatic carbocycles. The Bertz CT molecular complexity index is 1280.